The van der Waals surface area contributed by atoms with Gasteiger partial charge in [0.2, 0.25) is 5.91 Å². The molecule has 2 aromatic rings. The summed E-state index contributed by atoms with van der Waals surface area (Å²) < 4.78 is 7.16. The Kier molecular flexibility index (Phi) is 4.72. The number of nitrogens with two attached hydrogens (primary N) is 1. The molecule has 1 aliphatic rings. The summed E-state index contributed by atoms with van der Waals surface area (Å²) >= 11 is 0. The summed E-state index contributed by atoms with van der Waals surface area (Å²) in [5, 5.41) is 16.2. The van der Waals surface area contributed by atoms with Crippen molar-refractivity contribution in [2.75, 3.05) is 17.7 Å². The first-order valence-electron chi connectivity index (χ1n) is 8.28. The van der Waals surface area contributed by atoms with Crippen molar-refractivity contribution in [2.24, 2.45) is 11.8 Å². The molecule has 0 bridgehead atoms. The van der Waals surface area contributed by atoms with Crippen LogP contribution in [0.2, 0.25) is 0 Å². The number of hydrogen-bond acceptors (Lipinski definition) is 5. The SMILES string of the molecule is CC(C)[C@H]1OCC[C@@H]1C(=O)Nc1ccccc1-n1ncc(C#N)c1N. The van der Waals surface area contributed by atoms with E-state index in [0.29, 0.717) is 30.0 Å². The van der Waals surface area contributed by atoms with Crippen LogP contribution in [0.3, 0.4) is 0 Å². The Morgan fingerprint density at radius 3 is 2.92 bits per heavy atom. The molecule has 3 N–H and O–H groups in total. The Hall–Kier alpha value is -2.85. The average molecular weight is 339 g/mol. The Morgan fingerprint density at radius 1 is 1.48 bits per heavy atom. The third-order valence-corrected chi connectivity index (χ3v) is 4.45. The van der Waals surface area contributed by atoms with E-state index < -0.39 is 0 Å². The number of nitrogens with one attached hydrogen (secondary N) is 1. The number of nitriles is 1. The number of carbonyl (C=O) groups is 1. The molecule has 0 spiro atoms. The van der Waals surface area contributed by atoms with Gasteiger partial charge in [0.15, 0.2) is 0 Å². The molecule has 1 aliphatic heterocycles. The largest absolute Gasteiger partial charge is 0.382 e. The molecule has 7 nitrogen and oxygen atoms in total. The summed E-state index contributed by atoms with van der Waals surface area (Å²) in [4.78, 5) is 12.8. The Bertz CT molecular complexity index is 821. The quantitative estimate of drug-likeness (QED) is 0.889. The predicted molar refractivity (Wildman–Crippen MR) is 94.0 cm³/mol. The molecular weight excluding hydrogens is 318 g/mol. The minimum Gasteiger partial charge on any atom is -0.382 e. The predicted octanol–water partition coefficient (Wildman–Crippen LogP) is 2.33. The third kappa shape index (κ3) is 3.21. The maximum Gasteiger partial charge on any atom is 0.230 e. The second-order valence-electron chi connectivity index (χ2n) is 6.45. The number of para-hydroxylation sites is 2. The standard InChI is InChI=1S/C18H21N5O2/c1-11(2)16-13(7-8-25-16)18(24)22-14-5-3-4-6-15(14)23-17(20)12(9-19)10-21-23/h3-6,10-11,13,16H,7-8,20H2,1-2H3,(H,22,24)/t13-,16+/m0/s1. The highest BCUT2D eigenvalue weighted by atomic mass is 16.5. The summed E-state index contributed by atoms with van der Waals surface area (Å²) in [6.07, 6.45) is 2.04. The number of nitrogens with zero attached hydrogens (tertiary/aromatic N) is 3. The van der Waals surface area contributed by atoms with Crippen molar-refractivity contribution < 1.29 is 9.53 Å². The number of amides is 1. The Labute approximate surface area is 146 Å². The van der Waals surface area contributed by atoms with Crippen LogP contribution in [0.4, 0.5) is 11.5 Å². The highest BCUT2D eigenvalue weighted by Gasteiger charge is 2.36. The second-order valence-corrected chi connectivity index (χ2v) is 6.45. The molecular formula is C18H21N5O2. The van der Waals surface area contributed by atoms with Gasteiger partial charge in [0, 0.05) is 6.61 Å². The molecule has 25 heavy (non-hydrogen) atoms. The van der Waals surface area contributed by atoms with Gasteiger partial charge in [-0.05, 0) is 24.5 Å². The average Bonchev–Trinajstić information content (AvgIpc) is 3.22. The van der Waals surface area contributed by atoms with Gasteiger partial charge in [0.1, 0.15) is 17.5 Å². The molecule has 7 heteroatoms. The van der Waals surface area contributed by atoms with Crippen molar-refractivity contribution in [1.82, 2.24) is 9.78 Å². The number of aromatic nitrogens is 2. The molecule has 0 saturated carbocycles. The van der Waals surface area contributed by atoms with E-state index in [0.717, 1.165) is 0 Å². The molecule has 1 saturated heterocycles. The van der Waals surface area contributed by atoms with Gasteiger partial charge in [-0.15, -0.1) is 0 Å². The Balaban J connectivity index is 1.88. The van der Waals surface area contributed by atoms with Crippen LogP contribution in [0.25, 0.3) is 5.69 Å². The normalized spacial score (nSPS) is 19.8. The molecule has 0 aliphatic carbocycles. The van der Waals surface area contributed by atoms with Crippen LogP contribution in [0, 0.1) is 23.2 Å². The van der Waals surface area contributed by atoms with Crippen molar-refractivity contribution in [2.45, 2.75) is 26.4 Å². The Morgan fingerprint density at radius 2 is 2.24 bits per heavy atom. The van der Waals surface area contributed by atoms with Crippen molar-refractivity contribution in [3.63, 3.8) is 0 Å². The van der Waals surface area contributed by atoms with Crippen LogP contribution >= 0.6 is 0 Å². The van der Waals surface area contributed by atoms with Crippen molar-refractivity contribution in [3.05, 3.63) is 36.0 Å². The zero-order valence-corrected chi connectivity index (χ0v) is 14.3. The van der Waals surface area contributed by atoms with E-state index in [1.54, 1.807) is 12.1 Å². The summed E-state index contributed by atoms with van der Waals surface area (Å²) in [5.41, 5.74) is 7.49. The first-order valence-corrected chi connectivity index (χ1v) is 8.28. The number of hydrogen-bond donors (Lipinski definition) is 2. The van der Waals surface area contributed by atoms with Crippen molar-refractivity contribution in [3.8, 4) is 11.8 Å². The maximum atomic E-state index is 12.8. The van der Waals surface area contributed by atoms with E-state index in [2.05, 4.69) is 24.3 Å². The number of anilines is 2. The van der Waals surface area contributed by atoms with E-state index >= 15 is 0 Å². The highest BCUT2D eigenvalue weighted by Crippen LogP contribution is 2.29. The molecule has 0 radical (unpaired) electrons. The highest BCUT2D eigenvalue weighted by molar-refractivity contribution is 5.95. The number of rotatable bonds is 4. The second kappa shape index (κ2) is 6.95. The summed E-state index contributed by atoms with van der Waals surface area (Å²) in [7, 11) is 0. The van der Waals surface area contributed by atoms with Gasteiger partial charge in [-0.1, -0.05) is 26.0 Å². The number of nitrogen functional groups attached to an aromatic ring is 1. The lowest BCUT2D eigenvalue weighted by Crippen LogP contribution is -2.33. The minimum atomic E-state index is -0.183. The summed E-state index contributed by atoms with van der Waals surface area (Å²) in [5.74, 6) is 0.259. The zero-order valence-electron chi connectivity index (χ0n) is 14.3. The lowest BCUT2D eigenvalue weighted by atomic mass is 9.92. The van der Waals surface area contributed by atoms with Gasteiger partial charge in [-0.3, -0.25) is 4.79 Å². The smallest absolute Gasteiger partial charge is 0.230 e. The van der Waals surface area contributed by atoms with Crippen LogP contribution in [-0.2, 0) is 9.53 Å². The zero-order chi connectivity index (χ0) is 18.0. The van der Waals surface area contributed by atoms with Gasteiger partial charge in [0.05, 0.1) is 29.6 Å². The molecule has 2 atom stereocenters. The van der Waals surface area contributed by atoms with Crippen molar-refractivity contribution >= 4 is 17.4 Å². The summed E-state index contributed by atoms with van der Waals surface area (Å²) in [6, 6.07) is 9.24. The van der Waals surface area contributed by atoms with Crippen LogP contribution < -0.4 is 11.1 Å². The number of carbonyl (C=O) groups excluding carboxylic acids is 1. The number of ether oxygens (including phenoxy) is 1. The van der Waals surface area contributed by atoms with Gasteiger partial charge in [0.25, 0.3) is 0 Å². The van der Waals surface area contributed by atoms with E-state index in [9.17, 15) is 4.79 Å². The molecule has 130 valence electrons. The fourth-order valence-corrected chi connectivity index (χ4v) is 3.17. The minimum absolute atomic E-state index is 0.0742. The lowest BCUT2D eigenvalue weighted by molar-refractivity contribution is -0.122. The van der Waals surface area contributed by atoms with Crippen LogP contribution in [-0.4, -0.2) is 28.4 Å². The fourth-order valence-electron chi connectivity index (χ4n) is 3.17. The van der Waals surface area contributed by atoms with Crippen LogP contribution in [0.15, 0.2) is 30.5 Å². The van der Waals surface area contributed by atoms with E-state index in [1.165, 1.54) is 10.9 Å². The molecule has 0 unspecified atom stereocenters. The first kappa shape index (κ1) is 17.0. The molecule has 2 heterocycles. The van der Waals surface area contributed by atoms with Gasteiger partial charge >= 0.3 is 0 Å². The lowest BCUT2D eigenvalue weighted by Gasteiger charge is -2.22. The monoisotopic (exact) mass is 339 g/mol. The van der Waals surface area contributed by atoms with Crippen LogP contribution in [0.5, 0.6) is 0 Å². The molecule has 1 aromatic heterocycles. The fraction of sp³-hybridized carbons (Fsp3) is 0.389. The van der Waals surface area contributed by atoms with E-state index in [-0.39, 0.29) is 29.7 Å². The van der Waals surface area contributed by atoms with E-state index in [1.807, 2.05) is 18.2 Å². The molecule has 3 rings (SSSR count). The molecule has 1 amide bonds. The molecule has 1 aromatic carbocycles. The topological polar surface area (TPSA) is 106 Å². The third-order valence-electron chi connectivity index (χ3n) is 4.45. The maximum absolute atomic E-state index is 12.8. The van der Waals surface area contributed by atoms with Crippen molar-refractivity contribution in [1.29, 1.82) is 5.26 Å². The van der Waals surface area contributed by atoms with Crippen LogP contribution in [0.1, 0.15) is 25.8 Å². The van der Waals surface area contributed by atoms with Gasteiger partial charge < -0.3 is 15.8 Å². The van der Waals surface area contributed by atoms with E-state index in [4.69, 9.17) is 15.7 Å². The first-order chi connectivity index (χ1) is 12.0. The van der Waals surface area contributed by atoms with Gasteiger partial charge in [-0.25, -0.2) is 4.68 Å². The number of benzene rings is 1. The summed E-state index contributed by atoms with van der Waals surface area (Å²) in [6.45, 7) is 4.70. The van der Waals surface area contributed by atoms with Gasteiger partial charge in [-0.2, -0.15) is 10.4 Å². The molecule has 1 fully saturated rings.